The van der Waals surface area contributed by atoms with Crippen molar-refractivity contribution in [2.45, 2.75) is 57.8 Å². The summed E-state index contributed by atoms with van der Waals surface area (Å²) in [5.41, 5.74) is 15.9. The predicted molar refractivity (Wildman–Crippen MR) is 215 cm³/mol. The SMILES string of the molecule is CC1(C)c2ccccc2-c2cc3ccc(N(c4ccc5c(c4)C(C)(C)C(C)(C)c4ccccc4-5)c4ccc5c(c4)oc4ccccc45)cc3cc21. The number of anilines is 3. The zero-order valence-electron chi connectivity index (χ0n) is 30.1. The van der Waals surface area contributed by atoms with Crippen LogP contribution in [-0.2, 0) is 16.2 Å². The molecule has 1 aromatic heterocycles. The van der Waals surface area contributed by atoms with Crippen LogP contribution in [0.3, 0.4) is 0 Å². The molecule has 0 spiro atoms. The Morgan fingerprint density at radius 2 is 0.980 bits per heavy atom. The Morgan fingerprint density at radius 1 is 0.392 bits per heavy atom. The standard InChI is InChI=1S/C49H41NO/c1-47(2)41-16-10-7-14-36(41)40-26-30-19-20-32(25-31(30)27-43(40)47)50(34-22-24-39-38-15-9-12-18-45(38)51-46(39)29-34)33-21-23-37-35-13-8-11-17-42(35)48(3,4)49(5,6)44(37)28-33/h7-29H,1-6H3. The van der Waals surface area contributed by atoms with Gasteiger partial charge in [0.15, 0.2) is 0 Å². The third-order valence-corrected chi connectivity index (χ3v) is 12.8. The highest BCUT2D eigenvalue weighted by atomic mass is 16.3. The first-order valence-corrected chi connectivity index (χ1v) is 18.2. The smallest absolute Gasteiger partial charge is 0.137 e. The van der Waals surface area contributed by atoms with Crippen molar-refractivity contribution >= 4 is 49.8 Å². The minimum Gasteiger partial charge on any atom is -0.456 e. The maximum atomic E-state index is 6.45. The fourth-order valence-electron chi connectivity index (χ4n) is 9.23. The van der Waals surface area contributed by atoms with Gasteiger partial charge in [-0.05, 0) is 121 Å². The highest BCUT2D eigenvalue weighted by Gasteiger charge is 2.46. The van der Waals surface area contributed by atoms with Crippen molar-refractivity contribution in [1.82, 2.24) is 0 Å². The van der Waals surface area contributed by atoms with Gasteiger partial charge in [0, 0.05) is 39.3 Å². The number of fused-ring (bicyclic) bond motifs is 10. The van der Waals surface area contributed by atoms with E-state index in [-0.39, 0.29) is 16.2 Å². The number of benzene rings is 7. The fourth-order valence-corrected chi connectivity index (χ4v) is 9.23. The number of hydrogen-bond donors (Lipinski definition) is 0. The van der Waals surface area contributed by atoms with E-state index in [9.17, 15) is 0 Å². The third kappa shape index (κ3) is 4.11. The Morgan fingerprint density at radius 3 is 1.80 bits per heavy atom. The molecule has 0 atom stereocenters. The molecule has 10 rings (SSSR count). The molecule has 0 amide bonds. The first-order chi connectivity index (χ1) is 24.5. The van der Waals surface area contributed by atoms with Crippen LogP contribution in [0.1, 0.15) is 63.8 Å². The molecule has 2 nitrogen and oxygen atoms in total. The van der Waals surface area contributed by atoms with Crippen LogP contribution in [0, 0.1) is 0 Å². The summed E-state index contributed by atoms with van der Waals surface area (Å²) in [6, 6.07) is 51.7. The van der Waals surface area contributed by atoms with Crippen LogP contribution in [0.15, 0.2) is 144 Å². The molecule has 7 aromatic carbocycles. The molecule has 0 unspecified atom stereocenters. The van der Waals surface area contributed by atoms with Crippen LogP contribution in [0.4, 0.5) is 17.1 Å². The summed E-state index contributed by atoms with van der Waals surface area (Å²) in [7, 11) is 0. The van der Waals surface area contributed by atoms with E-state index in [1.807, 2.05) is 6.07 Å². The van der Waals surface area contributed by atoms with Crippen LogP contribution in [0.25, 0.3) is 55.0 Å². The first kappa shape index (κ1) is 30.2. The maximum absolute atomic E-state index is 6.45. The molecule has 0 N–H and O–H groups in total. The second-order valence-electron chi connectivity index (χ2n) is 16.2. The molecule has 2 heteroatoms. The second kappa shape index (κ2) is 10.2. The van der Waals surface area contributed by atoms with Crippen molar-refractivity contribution < 1.29 is 4.42 Å². The van der Waals surface area contributed by atoms with Gasteiger partial charge in [0.1, 0.15) is 11.2 Å². The molecule has 2 aliphatic carbocycles. The lowest BCUT2D eigenvalue weighted by Crippen LogP contribution is -2.43. The minimum absolute atomic E-state index is 0.0546. The lowest BCUT2D eigenvalue weighted by Gasteiger charge is -2.48. The summed E-state index contributed by atoms with van der Waals surface area (Å²) < 4.78 is 6.45. The van der Waals surface area contributed by atoms with Crippen LogP contribution < -0.4 is 4.90 Å². The van der Waals surface area contributed by atoms with E-state index >= 15 is 0 Å². The molecule has 0 radical (unpaired) electrons. The van der Waals surface area contributed by atoms with Gasteiger partial charge in [0.05, 0.1) is 0 Å². The van der Waals surface area contributed by atoms with E-state index in [0.717, 1.165) is 39.0 Å². The molecule has 0 fully saturated rings. The number of nitrogens with zero attached hydrogens (tertiary/aromatic N) is 1. The molecule has 0 saturated heterocycles. The highest BCUT2D eigenvalue weighted by molar-refractivity contribution is 6.06. The normalized spacial score (nSPS) is 16.1. The van der Waals surface area contributed by atoms with Gasteiger partial charge >= 0.3 is 0 Å². The molecule has 8 aromatic rings. The quantitative estimate of drug-likeness (QED) is 0.188. The molecule has 1 heterocycles. The Bertz CT molecular complexity index is 2740. The number of hydrogen-bond acceptors (Lipinski definition) is 2. The molecule has 2 aliphatic rings. The van der Waals surface area contributed by atoms with Gasteiger partial charge in [0.2, 0.25) is 0 Å². The van der Waals surface area contributed by atoms with Crippen LogP contribution in [0.5, 0.6) is 0 Å². The monoisotopic (exact) mass is 659 g/mol. The third-order valence-electron chi connectivity index (χ3n) is 12.8. The van der Waals surface area contributed by atoms with Crippen LogP contribution in [-0.4, -0.2) is 0 Å². The van der Waals surface area contributed by atoms with Gasteiger partial charge in [-0.25, -0.2) is 0 Å². The summed E-state index contributed by atoms with van der Waals surface area (Å²) in [6.07, 6.45) is 0. The molecule has 0 aliphatic heterocycles. The lowest BCUT2D eigenvalue weighted by atomic mass is 9.55. The second-order valence-corrected chi connectivity index (χ2v) is 16.2. The molecule has 51 heavy (non-hydrogen) atoms. The summed E-state index contributed by atoms with van der Waals surface area (Å²) in [5.74, 6) is 0. The molecule has 0 saturated carbocycles. The van der Waals surface area contributed by atoms with E-state index in [0.29, 0.717) is 0 Å². The van der Waals surface area contributed by atoms with Crippen molar-refractivity contribution in [2.75, 3.05) is 4.90 Å². The Balaban J connectivity index is 1.20. The van der Waals surface area contributed by atoms with E-state index in [4.69, 9.17) is 4.42 Å². The Kier molecular flexibility index (Phi) is 6.07. The molecular weight excluding hydrogens is 619 g/mol. The van der Waals surface area contributed by atoms with Gasteiger partial charge in [0.25, 0.3) is 0 Å². The molecule has 248 valence electrons. The number of rotatable bonds is 3. The van der Waals surface area contributed by atoms with Gasteiger partial charge in [-0.1, -0.05) is 120 Å². The average molecular weight is 660 g/mol. The van der Waals surface area contributed by atoms with Gasteiger partial charge in [-0.15, -0.1) is 0 Å². The van der Waals surface area contributed by atoms with Crippen LogP contribution in [0.2, 0.25) is 0 Å². The predicted octanol–water partition coefficient (Wildman–Crippen LogP) is 13.8. The van der Waals surface area contributed by atoms with E-state index in [2.05, 4.69) is 180 Å². The average Bonchev–Trinajstić information content (AvgIpc) is 3.61. The van der Waals surface area contributed by atoms with Gasteiger partial charge in [-0.3, -0.25) is 0 Å². The highest BCUT2D eigenvalue weighted by Crippen LogP contribution is 2.55. The summed E-state index contributed by atoms with van der Waals surface area (Å²) in [5, 5.41) is 4.78. The van der Waals surface area contributed by atoms with E-state index < -0.39 is 0 Å². The summed E-state index contributed by atoms with van der Waals surface area (Å²) in [6.45, 7) is 14.3. The zero-order valence-corrected chi connectivity index (χ0v) is 30.1. The molecule has 0 bridgehead atoms. The first-order valence-electron chi connectivity index (χ1n) is 18.2. The number of para-hydroxylation sites is 1. The lowest BCUT2D eigenvalue weighted by molar-refractivity contribution is 0.299. The Labute approximate surface area is 300 Å². The van der Waals surface area contributed by atoms with Gasteiger partial charge < -0.3 is 9.32 Å². The largest absolute Gasteiger partial charge is 0.456 e. The van der Waals surface area contributed by atoms with Crippen molar-refractivity contribution in [3.63, 3.8) is 0 Å². The van der Waals surface area contributed by atoms with E-state index in [1.54, 1.807) is 0 Å². The maximum Gasteiger partial charge on any atom is 0.137 e. The summed E-state index contributed by atoms with van der Waals surface area (Å²) in [4.78, 5) is 2.42. The Hall–Kier alpha value is -5.60. The molecular formula is C49H41NO. The minimum atomic E-state index is -0.106. The van der Waals surface area contributed by atoms with Gasteiger partial charge in [-0.2, -0.15) is 0 Å². The van der Waals surface area contributed by atoms with Crippen molar-refractivity contribution in [3.05, 3.63) is 162 Å². The number of furan rings is 1. The summed E-state index contributed by atoms with van der Waals surface area (Å²) >= 11 is 0. The topological polar surface area (TPSA) is 16.4 Å². The van der Waals surface area contributed by atoms with Crippen molar-refractivity contribution in [2.24, 2.45) is 0 Å². The van der Waals surface area contributed by atoms with Crippen LogP contribution >= 0.6 is 0 Å². The fraction of sp³-hybridized carbons (Fsp3) is 0.184. The zero-order chi connectivity index (χ0) is 34.9. The van der Waals surface area contributed by atoms with E-state index in [1.165, 1.54) is 55.3 Å². The van der Waals surface area contributed by atoms with Crippen molar-refractivity contribution in [3.8, 4) is 22.3 Å². The van der Waals surface area contributed by atoms with Crippen molar-refractivity contribution in [1.29, 1.82) is 0 Å².